The molecule has 5 nitrogen and oxygen atoms in total. The number of halogens is 1. The predicted octanol–water partition coefficient (Wildman–Crippen LogP) is 3.56. The SMILES string of the molecule is Cc1nnc(CN(C(=O)C(Cl)C(C)(C)C)c2ccccc2)o1. The Hall–Kier alpha value is -1.88. The van der Waals surface area contributed by atoms with E-state index < -0.39 is 5.38 Å². The molecular weight excluding hydrogens is 302 g/mol. The molecule has 0 saturated carbocycles. The van der Waals surface area contributed by atoms with Gasteiger partial charge in [-0.05, 0) is 17.5 Å². The maximum atomic E-state index is 12.8. The van der Waals surface area contributed by atoms with E-state index in [1.165, 1.54) is 0 Å². The molecule has 0 aliphatic heterocycles. The lowest BCUT2D eigenvalue weighted by Gasteiger charge is -2.30. The Morgan fingerprint density at radius 2 is 1.91 bits per heavy atom. The quantitative estimate of drug-likeness (QED) is 0.808. The van der Waals surface area contributed by atoms with Gasteiger partial charge in [-0.2, -0.15) is 0 Å². The van der Waals surface area contributed by atoms with Crippen LogP contribution >= 0.6 is 11.6 Å². The minimum Gasteiger partial charge on any atom is -0.424 e. The molecule has 1 aromatic heterocycles. The van der Waals surface area contributed by atoms with Crippen molar-refractivity contribution in [2.45, 2.75) is 39.6 Å². The van der Waals surface area contributed by atoms with E-state index >= 15 is 0 Å². The summed E-state index contributed by atoms with van der Waals surface area (Å²) in [6, 6.07) is 9.34. The highest BCUT2D eigenvalue weighted by molar-refractivity contribution is 6.33. The molecule has 1 aromatic carbocycles. The van der Waals surface area contributed by atoms with Gasteiger partial charge in [0.15, 0.2) is 0 Å². The van der Waals surface area contributed by atoms with Gasteiger partial charge in [0, 0.05) is 12.6 Å². The number of rotatable bonds is 4. The molecule has 1 atom stereocenters. The highest BCUT2D eigenvalue weighted by Crippen LogP contribution is 2.29. The molecule has 1 amide bonds. The first-order valence-electron chi connectivity index (χ1n) is 7.08. The van der Waals surface area contributed by atoms with E-state index in [0.29, 0.717) is 11.8 Å². The fourth-order valence-electron chi connectivity index (χ4n) is 1.95. The standard InChI is InChI=1S/C16H20ClN3O2/c1-11-18-19-13(22-11)10-20(12-8-6-5-7-9-12)15(21)14(17)16(2,3)4/h5-9,14H,10H2,1-4H3. The molecule has 118 valence electrons. The Balaban J connectivity index is 2.31. The van der Waals surface area contributed by atoms with Gasteiger partial charge in [0.1, 0.15) is 11.9 Å². The highest BCUT2D eigenvalue weighted by Gasteiger charge is 2.33. The molecule has 0 radical (unpaired) electrons. The first-order chi connectivity index (χ1) is 10.3. The Bertz CT molecular complexity index is 634. The van der Waals surface area contributed by atoms with Crippen molar-refractivity contribution in [3.8, 4) is 0 Å². The summed E-state index contributed by atoms with van der Waals surface area (Å²) in [7, 11) is 0. The minimum absolute atomic E-state index is 0.184. The molecule has 1 unspecified atom stereocenters. The van der Waals surface area contributed by atoms with E-state index in [1.54, 1.807) is 11.8 Å². The lowest BCUT2D eigenvalue weighted by molar-refractivity contribution is -0.120. The number of anilines is 1. The van der Waals surface area contributed by atoms with Gasteiger partial charge < -0.3 is 9.32 Å². The summed E-state index contributed by atoms with van der Waals surface area (Å²) in [6.45, 7) is 7.71. The average Bonchev–Trinajstić information content (AvgIpc) is 2.88. The monoisotopic (exact) mass is 321 g/mol. The lowest BCUT2D eigenvalue weighted by atomic mass is 9.91. The van der Waals surface area contributed by atoms with E-state index in [0.717, 1.165) is 5.69 Å². The van der Waals surface area contributed by atoms with Gasteiger partial charge in [0.2, 0.25) is 17.7 Å². The molecule has 6 heteroatoms. The Morgan fingerprint density at radius 1 is 1.27 bits per heavy atom. The second-order valence-electron chi connectivity index (χ2n) is 6.20. The minimum atomic E-state index is -0.656. The number of carbonyl (C=O) groups excluding carboxylic acids is 1. The van der Waals surface area contributed by atoms with Crippen LogP contribution in [-0.4, -0.2) is 21.5 Å². The summed E-state index contributed by atoms with van der Waals surface area (Å²) in [5, 5.41) is 7.10. The van der Waals surface area contributed by atoms with Crippen LogP contribution in [-0.2, 0) is 11.3 Å². The van der Waals surface area contributed by atoms with Crippen LogP contribution in [0.1, 0.15) is 32.6 Å². The molecule has 22 heavy (non-hydrogen) atoms. The van der Waals surface area contributed by atoms with Crippen LogP contribution in [0.25, 0.3) is 0 Å². The van der Waals surface area contributed by atoms with Crippen molar-refractivity contribution in [1.29, 1.82) is 0 Å². The predicted molar refractivity (Wildman–Crippen MR) is 85.8 cm³/mol. The molecule has 0 aliphatic rings. The van der Waals surface area contributed by atoms with Crippen molar-refractivity contribution in [2.24, 2.45) is 5.41 Å². The van der Waals surface area contributed by atoms with Gasteiger partial charge in [0.25, 0.3) is 0 Å². The number of aryl methyl sites for hydroxylation is 1. The number of carbonyl (C=O) groups is 1. The Morgan fingerprint density at radius 3 is 2.41 bits per heavy atom. The van der Waals surface area contributed by atoms with Gasteiger partial charge in [0.05, 0.1) is 0 Å². The first-order valence-corrected chi connectivity index (χ1v) is 7.52. The van der Waals surface area contributed by atoms with Crippen LogP contribution in [0.5, 0.6) is 0 Å². The van der Waals surface area contributed by atoms with E-state index in [-0.39, 0.29) is 17.9 Å². The van der Waals surface area contributed by atoms with E-state index in [4.69, 9.17) is 16.0 Å². The third kappa shape index (κ3) is 3.85. The third-order valence-corrected chi connectivity index (χ3v) is 4.01. The molecular formula is C16H20ClN3O2. The van der Waals surface area contributed by atoms with E-state index in [1.807, 2.05) is 51.1 Å². The zero-order chi connectivity index (χ0) is 16.3. The number of aromatic nitrogens is 2. The molecule has 0 saturated heterocycles. The van der Waals surface area contributed by atoms with Crippen molar-refractivity contribution < 1.29 is 9.21 Å². The molecule has 2 rings (SSSR count). The largest absolute Gasteiger partial charge is 0.424 e. The first kappa shape index (κ1) is 16.5. The number of hydrogen-bond donors (Lipinski definition) is 0. The highest BCUT2D eigenvalue weighted by atomic mass is 35.5. The Labute approximate surface area is 135 Å². The molecule has 0 bridgehead atoms. The van der Waals surface area contributed by atoms with Crippen LogP contribution in [0.2, 0.25) is 0 Å². The van der Waals surface area contributed by atoms with Crippen LogP contribution in [0.3, 0.4) is 0 Å². The summed E-state index contributed by atoms with van der Waals surface area (Å²) < 4.78 is 5.39. The number of alkyl halides is 1. The Kier molecular flexibility index (Phi) is 4.86. The van der Waals surface area contributed by atoms with Crippen LogP contribution < -0.4 is 4.90 Å². The second-order valence-corrected chi connectivity index (χ2v) is 6.64. The van der Waals surface area contributed by atoms with Gasteiger partial charge in [-0.25, -0.2) is 0 Å². The topological polar surface area (TPSA) is 59.2 Å². The van der Waals surface area contributed by atoms with E-state index in [2.05, 4.69) is 10.2 Å². The normalized spacial score (nSPS) is 13.0. The van der Waals surface area contributed by atoms with Crippen molar-refractivity contribution in [1.82, 2.24) is 10.2 Å². The zero-order valence-electron chi connectivity index (χ0n) is 13.2. The van der Waals surface area contributed by atoms with Crippen molar-refractivity contribution >= 4 is 23.2 Å². The summed E-state index contributed by atoms with van der Waals surface area (Å²) in [5.41, 5.74) is 0.398. The van der Waals surface area contributed by atoms with Gasteiger partial charge in [-0.3, -0.25) is 4.79 Å². The van der Waals surface area contributed by atoms with Crippen LogP contribution in [0.4, 0.5) is 5.69 Å². The maximum absolute atomic E-state index is 12.8. The van der Waals surface area contributed by atoms with Gasteiger partial charge in [-0.15, -0.1) is 21.8 Å². The molecule has 0 N–H and O–H groups in total. The summed E-state index contributed by atoms with van der Waals surface area (Å²) in [4.78, 5) is 14.4. The number of amides is 1. The molecule has 0 fully saturated rings. The number of para-hydroxylation sites is 1. The molecule has 0 spiro atoms. The number of hydrogen-bond acceptors (Lipinski definition) is 4. The van der Waals surface area contributed by atoms with Crippen molar-refractivity contribution in [2.75, 3.05) is 4.90 Å². The summed E-state index contributed by atoms with van der Waals surface area (Å²) in [6.07, 6.45) is 0. The lowest BCUT2D eigenvalue weighted by Crippen LogP contribution is -2.42. The van der Waals surface area contributed by atoms with Crippen molar-refractivity contribution in [3.05, 3.63) is 42.1 Å². The van der Waals surface area contributed by atoms with E-state index in [9.17, 15) is 4.79 Å². The zero-order valence-corrected chi connectivity index (χ0v) is 14.0. The maximum Gasteiger partial charge on any atom is 0.246 e. The molecule has 0 aliphatic carbocycles. The molecule has 1 heterocycles. The van der Waals surface area contributed by atoms with Gasteiger partial charge >= 0.3 is 0 Å². The molecule has 2 aromatic rings. The average molecular weight is 322 g/mol. The third-order valence-electron chi connectivity index (χ3n) is 3.17. The summed E-state index contributed by atoms with van der Waals surface area (Å²) >= 11 is 6.37. The smallest absolute Gasteiger partial charge is 0.246 e. The fourth-order valence-corrected chi connectivity index (χ4v) is 2.07. The van der Waals surface area contributed by atoms with Gasteiger partial charge in [-0.1, -0.05) is 39.0 Å². The summed E-state index contributed by atoms with van der Waals surface area (Å²) in [5.74, 6) is 0.664. The number of benzene rings is 1. The van der Waals surface area contributed by atoms with Crippen LogP contribution in [0.15, 0.2) is 34.7 Å². The number of nitrogens with zero attached hydrogens (tertiary/aromatic N) is 3. The van der Waals surface area contributed by atoms with Crippen LogP contribution in [0, 0.1) is 12.3 Å². The second kappa shape index (κ2) is 6.48. The van der Waals surface area contributed by atoms with Crippen molar-refractivity contribution in [3.63, 3.8) is 0 Å². The fraction of sp³-hybridized carbons (Fsp3) is 0.438.